The van der Waals surface area contributed by atoms with E-state index in [0.29, 0.717) is 36.8 Å². The van der Waals surface area contributed by atoms with E-state index in [9.17, 15) is 92.7 Å². The van der Waals surface area contributed by atoms with Crippen molar-refractivity contribution in [3.8, 4) is 11.5 Å². The number of carbonyl (C=O) groups is 14. The Morgan fingerprint density at radius 3 is 1.27 bits per heavy atom. The van der Waals surface area contributed by atoms with Gasteiger partial charge in [-0.1, -0.05) is 44.5 Å². The third kappa shape index (κ3) is 34.3. The summed E-state index contributed by atoms with van der Waals surface area (Å²) in [5.74, 6) is -15.0. The summed E-state index contributed by atoms with van der Waals surface area (Å²) < 4.78 is 0. The molecule has 125 heavy (non-hydrogen) atoms. The zero-order valence-corrected chi connectivity index (χ0v) is 71.1. The van der Waals surface area contributed by atoms with E-state index in [4.69, 9.17) is 56.0 Å². The highest BCUT2D eigenvalue weighted by atomic mass is 16.4. The summed E-state index contributed by atoms with van der Waals surface area (Å²) in [7, 11) is 0. The van der Waals surface area contributed by atoms with E-state index in [2.05, 4.69) is 74.4 Å². The van der Waals surface area contributed by atoms with Gasteiger partial charge in [0.25, 0.3) is 0 Å². The molecule has 0 bridgehead atoms. The van der Waals surface area contributed by atoms with Gasteiger partial charge in [0.15, 0.2) is 23.8 Å². The van der Waals surface area contributed by atoms with E-state index in [1.807, 2.05) is 0 Å². The van der Waals surface area contributed by atoms with Crippen LogP contribution in [-0.4, -0.2) is 296 Å². The van der Waals surface area contributed by atoms with E-state index in [0.717, 1.165) is 4.90 Å². The van der Waals surface area contributed by atoms with Crippen LogP contribution in [0.2, 0.25) is 0 Å². The van der Waals surface area contributed by atoms with Crippen molar-refractivity contribution in [2.24, 2.45) is 40.3 Å². The van der Waals surface area contributed by atoms with Crippen molar-refractivity contribution >= 4 is 107 Å². The van der Waals surface area contributed by atoms with Crippen LogP contribution in [0.1, 0.15) is 154 Å². The van der Waals surface area contributed by atoms with Crippen molar-refractivity contribution < 1.29 is 92.7 Å². The molecule has 3 saturated heterocycles. The fourth-order valence-corrected chi connectivity index (χ4v) is 14.5. The van der Waals surface area contributed by atoms with Gasteiger partial charge in [0.2, 0.25) is 76.8 Å². The number of aliphatic hydroxyl groups excluding tert-OH is 2. The summed E-state index contributed by atoms with van der Waals surface area (Å²) in [6, 6.07) is -7.03. The van der Waals surface area contributed by atoms with Crippen LogP contribution in [0.4, 0.5) is 0 Å². The summed E-state index contributed by atoms with van der Waals surface area (Å²) in [6.45, 7) is 5.61. The number of phenolic OH excluding ortho intramolecular Hbond substituents is 2. The average molecular weight is 1760 g/mol. The molecule has 3 aliphatic rings. The van der Waals surface area contributed by atoms with Crippen LogP contribution in [0.25, 0.3) is 0 Å². The second kappa shape index (κ2) is 52.2. The third-order valence-electron chi connectivity index (χ3n) is 21.6. The molecule has 46 nitrogen and oxygen atoms in total. The molecule has 13 amide bonds. The van der Waals surface area contributed by atoms with Crippen LogP contribution in [0.5, 0.6) is 11.5 Å². The molecule has 0 aromatic heterocycles. The number of nitrogens with zero attached hydrogens (tertiary/aromatic N) is 3. The lowest BCUT2D eigenvalue weighted by molar-refractivity contribution is -0.147. The molecule has 0 aliphatic carbocycles. The zero-order valence-electron chi connectivity index (χ0n) is 71.1. The van der Waals surface area contributed by atoms with Crippen molar-refractivity contribution in [2.75, 3.05) is 58.9 Å². The standard InChI is InChI=1S/C79H129N27O19/c1-5-42(2)60(101-66(115)51(16-6-7-31-80)96-67(116)54(39-45-23-27-47(109)28-24-45)99-63(112)49(81)15-8-32-90-76(82)83)71(120)103-62(44(4)108)74(123)106-38-13-20-56(106)69(118)97-52(18-10-34-92-78(86)87)65(114)95-50(17-9-33-91-77(84)85)64(113)94-41-59(111)104-36-14-22-58(104)73(122)105-37-12-21-57(105)70(119)102-61(43(3)107)72(121)100-55(40-46-25-29-48(110)30-26-46)68(117)98-53(75(124)125)19-11-35-93-79(88)89/h23-30,42-44,49-58,60-62,107-110H,5-22,31-41,80-81H2,1-4H3,(H,94,113)(H,95,114)(H,96,116)(H,97,118)(H,98,117)(H,99,112)(H,100,121)(H,101,115)(H,102,119)(H,103,120)(H,124,125)(H4,82,83,90)(H4,84,85,91)(H4,86,87,92)(H4,88,89,93)/t42-,43+,44+,49-,50-,51-,52-,53-,54-,55-,56-,57-,58-,60-,61-,62-/m0/s1. The number of benzene rings is 2. The molecule has 35 N–H and O–H groups in total. The molecule has 0 unspecified atom stereocenters. The number of rotatable bonds is 52. The number of likely N-dealkylation sites (tertiary alicyclic amines) is 3. The molecule has 16 atom stereocenters. The molecule has 2 aromatic rings. The van der Waals surface area contributed by atoms with Gasteiger partial charge in [-0.25, -0.2) is 4.79 Å². The van der Waals surface area contributed by atoms with Gasteiger partial charge >= 0.3 is 5.97 Å². The fraction of sp³-hybridized carbons (Fsp3) is 0.620. The highest BCUT2D eigenvalue weighted by molar-refractivity contribution is 6.01. The predicted molar refractivity (Wildman–Crippen MR) is 456 cm³/mol. The molecule has 3 heterocycles. The minimum atomic E-state index is -1.76. The number of nitrogens with one attached hydrogen (secondary N) is 18. The van der Waals surface area contributed by atoms with Crippen LogP contribution in [-0.2, 0) is 80.0 Å². The zero-order chi connectivity index (χ0) is 92.7. The molecule has 3 fully saturated rings. The van der Waals surface area contributed by atoms with Gasteiger partial charge in [-0.15, -0.1) is 0 Å². The van der Waals surface area contributed by atoms with Crippen molar-refractivity contribution in [3.63, 3.8) is 0 Å². The minimum Gasteiger partial charge on any atom is -0.508 e. The van der Waals surface area contributed by atoms with Gasteiger partial charge in [-0.2, -0.15) is 0 Å². The Labute approximate surface area is 724 Å². The molecular formula is C79H129N27O19. The van der Waals surface area contributed by atoms with Gasteiger partial charge < -0.3 is 149 Å². The number of aliphatic carboxylic acids is 1. The van der Waals surface area contributed by atoms with E-state index in [-0.39, 0.29) is 179 Å². The Bertz CT molecular complexity index is 4030. The second-order valence-corrected chi connectivity index (χ2v) is 31.4. The Kier molecular flexibility index (Phi) is 43.1. The van der Waals surface area contributed by atoms with E-state index >= 15 is 0 Å². The molecule has 0 spiro atoms. The summed E-state index contributed by atoms with van der Waals surface area (Å²) in [6.07, 6.45) is -1.32. The average Bonchev–Trinajstić information content (AvgIpc) is 1.67. The first-order valence-electron chi connectivity index (χ1n) is 42.1. The molecule has 46 heteroatoms. The second-order valence-electron chi connectivity index (χ2n) is 31.4. The first-order chi connectivity index (χ1) is 59.2. The first kappa shape index (κ1) is 103. The van der Waals surface area contributed by atoms with Gasteiger partial charge in [0.1, 0.15) is 84.0 Å². The number of nitrogens with two attached hydrogens (primary N) is 6. The number of carboxylic acid groups (broad SMARTS) is 1. The quantitative estimate of drug-likeness (QED) is 0.0166. The normalized spacial score (nSPS) is 17.9. The molecule has 0 saturated carbocycles. The van der Waals surface area contributed by atoms with Crippen molar-refractivity contribution in [1.29, 1.82) is 21.6 Å². The Morgan fingerprint density at radius 2 is 0.800 bits per heavy atom. The van der Waals surface area contributed by atoms with Crippen LogP contribution < -0.4 is 109 Å². The number of amides is 13. The topological polar surface area (TPSA) is 770 Å². The number of carbonyl (C=O) groups excluding carboxylic acids is 13. The number of unbranched alkanes of at least 4 members (excludes halogenated alkanes) is 1. The number of hydrogen-bond acceptors (Lipinski definition) is 24. The highest BCUT2D eigenvalue weighted by Crippen LogP contribution is 2.27. The number of carboxylic acids is 1. The maximum atomic E-state index is 14.8. The summed E-state index contributed by atoms with van der Waals surface area (Å²) in [5.41, 5.74) is 34.8. The third-order valence-corrected chi connectivity index (χ3v) is 21.6. The van der Waals surface area contributed by atoms with E-state index in [1.54, 1.807) is 13.8 Å². The Balaban J connectivity index is 1.30. The number of hydrogen-bond donors (Lipinski definition) is 29. The van der Waals surface area contributed by atoms with Gasteiger partial charge in [0, 0.05) is 58.7 Å². The molecule has 694 valence electrons. The summed E-state index contributed by atoms with van der Waals surface area (Å²) in [4.78, 5) is 203. The SMILES string of the molecule is CC[C@H](C)[C@H](NC(=O)[C@H](CCCCN)NC(=O)[C@H](Cc1ccc(O)cc1)NC(=O)[C@@H](N)CCCNC(=N)N)C(=O)N[C@H](C(=O)N1CCC[C@H]1C(=O)N[C@@H](CCCNC(=N)N)C(=O)N[C@@H](CCCNC(=N)N)C(=O)NCC(=O)N1CCC[C@H]1C(=O)N1CCC[C@H]1C(=O)N[C@H](C(=O)N[C@@H](Cc1ccc(O)cc1)C(=O)N[C@@H](CCCNC(=N)N)C(=O)O)[C@@H](C)O)[C@@H](C)O. The maximum Gasteiger partial charge on any atom is 0.326 e. The van der Waals surface area contributed by atoms with Crippen LogP contribution >= 0.6 is 0 Å². The van der Waals surface area contributed by atoms with Gasteiger partial charge in [-0.05, 0) is 171 Å². The van der Waals surface area contributed by atoms with E-state index < -0.39 is 198 Å². The maximum absolute atomic E-state index is 14.8. The van der Waals surface area contributed by atoms with Crippen molar-refractivity contribution in [2.45, 2.75) is 247 Å². The summed E-state index contributed by atoms with van der Waals surface area (Å²) >= 11 is 0. The van der Waals surface area contributed by atoms with Crippen molar-refractivity contribution in [3.05, 3.63) is 59.7 Å². The van der Waals surface area contributed by atoms with Gasteiger partial charge in [0.05, 0.1) is 24.8 Å². The predicted octanol–water partition coefficient (Wildman–Crippen LogP) is -7.26. The smallest absolute Gasteiger partial charge is 0.326 e. The lowest BCUT2D eigenvalue weighted by atomic mass is 9.96. The Hall–Kier alpha value is -12.5. The lowest BCUT2D eigenvalue weighted by Crippen LogP contribution is -2.62. The fourth-order valence-electron chi connectivity index (χ4n) is 14.5. The first-order valence-corrected chi connectivity index (χ1v) is 42.1. The summed E-state index contributed by atoms with van der Waals surface area (Å²) in [5, 5.41) is 119. The monoisotopic (exact) mass is 1760 g/mol. The van der Waals surface area contributed by atoms with Crippen LogP contribution in [0, 0.1) is 27.6 Å². The number of aliphatic hydroxyl groups is 2. The number of guanidine groups is 4. The number of aromatic hydroxyl groups is 2. The van der Waals surface area contributed by atoms with Gasteiger partial charge in [-0.3, -0.25) is 84.0 Å². The van der Waals surface area contributed by atoms with E-state index in [1.165, 1.54) is 72.2 Å². The lowest BCUT2D eigenvalue weighted by Gasteiger charge is -2.33. The highest BCUT2D eigenvalue weighted by Gasteiger charge is 2.46. The Morgan fingerprint density at radius 1 is 0.424 bits per heavy atom. The molecule has 0 radical (unpaired) electrons. The molecular weight excluding hydrogens is 1630 g/mol. The molecule has 2 aromatic carbocycles. The molecule has 5 rings (SSSR count). The van der Waals surface area contributed by atoms with Crippen molar-refractivity contribution in [1.82, 2.24) is 89.1 Å². The van der Waals surface area contributed by atoms with Crippen LogP contribution in [0.15, 0.2) is 48.5 Å². The number of phenols is 2. The molecule has 3 aliphatic heterocycles. The van der Waals surface area contributed by atoms with Crippen LogP contribution in [0.3, 0.4) is 0 Å². The minimum absolute atomic E-state index is 0.00208. The largest absolute Gasteiger partial charge is 0.508 e.